The summed E-state index contributed by atoms with van der Waals surface area (Å²) in [6, 6.07) is 75.8. The first-order valence-electron chi connectivity index (χ1n) is 18.4. The Morgan fingerprint density at radius 2 is 0.870 bits per heavy atom. The average Bonchev–Trinajstić information content (AvgIpc) is 3.65. The summed E-state index contributed by atoms with van der Waals surface area (Å²) >= 11 is 0. The Bertz CT molecular complexity index is 2850. The molecule has 254 valence electrons. The maximum atomic E-state index is 6.61. The van der Waals surface area contributed by atoms with Crippen molar-refractivity contribution >= 4 is 49.8 Å². The lowest BCUT2D eigenvalue weighted by Crippen LogP contribution is -2.11. The van der Waals surface area contributed by atoms with Crippen molar-refractivity contribution in [2.75, 3.05) is 4.90 Å². The molecule has 0 amide bonds. The predicted octanol–water partition coefficient (Wildman–Crippen LogP) is 14.9. The number of anilines is 3. The van der Waals surface area contributed by atoms with Gasteiger partial charge in [-0.2, -0.15) is 0 Å². The van der Waals surface area contributed by atoms with Crippen LogP contribution >= 0.6 is 0 Å². The molecule has 0 aliphatic carbocycles. The highest BCUT2D eigenvalue weighted by atomic mass is 16.3. The van der Waals surface area contributed by atoms with Crippen molar-refractivity contribution in [2.45, 2.75) is 0 Å². The van der Waals surface area contributed by atoms with E-state index in [9.17, 15) is 0 Å². The van der Waals surface area contributed by atoms with E-state index in [1.807, 2.05) is 0 Å². The SMILES string of the molecule is c1ccc(-c2cc(-c3ccccc3)cc(-c3ccc(N(c4ccccc4)c4ccccc4-c4cccc5oc6c7ccccc7ccc6c45)cc3)c2)cc1. The zero-order valence-electron chi connectivity index (χ0n) is 29.6. The van der Waals surface area contributed by atoms with Crippen LogP contribution < -0.4 is 4.90 Å². The van der Waals surface area contributed by atoms with Crippen LogP contribution in [-0.2, 0) is 0 Å². The minimum atomic E-state index is 0.886. The summed E-state index contributed by atoms with van der Waals surface area (Å²) in [6.45, 7) is 0. The van der Waals surface area contributed by atoms with E-state index in [4.69, 9.17) is 4.42 Å². The number of benzene rings is 9. The van der Waals surface area contributed by atoms with Crippen LogP contribution in [-0.4, -0.2) is 0 Å². The molecule has 0 N–H and O–H groups in total. The highest BCUT2D eigenvalue weighted by Crippen LogP contribution is 2.46. The minimum Gasteiger partial charge on any atom is -0.455 e. The van der Waals surface area contributed by atoms with E-state index in [2.05, 4.69) is 217 Å². The second-order valence-electron chi connectivity index (χ2n) is 13.7. The smallest absolute Gasteiger partial charge is 0.143 e. The van der Waals surface area contributed by atoms with Gasteiger partial charge in [0.1, 0.15) is 11.2 Å². The van der Waals surface area contributed by atoms with Gasteiger partial charge in [0.05, 0.1) is 5.69 Å². The maximum Gasteiger partial charge on any atom is 0.143 e. The molecule has 0 saturated carbocycles. The lowest BCUT2D eigenvalue weighted by Gasteiger charge is -2.28. The lowest BCUT2D eigenvalue weighted by atomic mass is 9.93. The van der Waals surface area contributed by atoms with E-state index < -0.39 is 0 Å². The average molecular weight is 690 g/mol. The van der Waals surface area contributed by atoms with E-state index in [0.29, 0.717) is 0 Å². The molecule has 10 rings (SSSR count). The van der Waals surface area contributed by atoms with Gasteiger partial charge in [0.25, 0.3) is 0 Å². The fourth-order valence-corrected chi connectivity index (χ4v) is 7.87. The number of fused-ring (bicyclic) bond motifs is 5. The molecular formula is C52H35NO. The molecule has 0 radical (unpaired) electrons. The summed E-state index contributed by atoms with van der Waals surface area (Å²) in [4.78, 5) is 2.37. The zero-order valence-corrected chi connectivity index (χ0v) is 29.6. The van der Waals surface area contributed by atoms with Crippen LogP contribution in [0.3, 0.4) is 0 Å². The van der Waals surface area contributed by atoms with Crippen molar-refractivity contribution < 1.29 is 4.42 Å². The van der Waals surface area contributed by atoms with Crippen molar-refractivity contribution in [1.29, 1.82) is 0 Å². The van der Waals surface area contributed by atoms with E-state index in [-0.39, 0.29) is 0 Å². The normalized spacial score (nSPS) is 11.3. The molecule has 0 unspecified atom stereocenters. The summed E-state index contributed by atoms with van der Waals surface area (Å²) < 4.78 is 6.61. The largest absolute Gasteiger partial charge is 0.455 e. The van der Waals surface area contributed by atoms with E-state index >= 15 is 0 Å². The molecular weight excluding hydrogens is 655 g/mol. The van der Waals surface area contributed by atoms with Gasteiger partial charge in [-0.25, -0.2) is 0 Å². The first-order chi connectivity index (χ1) is 26.8. The molecule has 1 aromatic heterocycles. The van der Waals surface area contributed by atoms with Gasteiger partial charge in [-0.3, -0.25) is 0 Å². The predicted molar refractivity (Wildman–Crippen MR) is 228 cm³/mol. The van der Waals surface area contributed by atoms with Crippen LogP contribution in [0.1, 0.15) is 0 Å². The van der Waals surface area contributed by atoms with Crippen molar-refractivity contribution in [3.05, 3.63) is 212 Å². The Kier molecular flexibility index (Phi) is 7.85. The lowest BCUT2D eigenvalue weighted by molar-refractivity contribution is 0.673. The molecule has 2 nitrogen and oxygen atoms in total. The molecule has 0 spiro atoms. The summed E-state index contributed by atoms with van der Waals surface area (Å²) in [7, 11) is 0. The number of para-hydroxylation sites is 2. The summed E-state index contributed by atoms with van der Waals surface area (Å²) in [6.07, 6.45) is 0. The number of nitrogens with zero attached hydrogens (tertiary/aromatic N) is 1. The second kappa shape index (κ2) is 13.4. The second-order valence-corrected chi connectivity index (χ2v) is 13.7. The van der Waals surface area contributed by atoms with Gasteiger partial charge in [0, 0.05) is 33.1 Å². The maximum absolute atomic E-state index is 6.61. The van der Waals surface area contributed by atoms with E-state index in [1.54, 1.807) is 0 Å². The van der Waals surface area contributed by atoms with Gasteiger partial charge in [-0.1, -0.05) is 152 Å². The number of hydrogen-bond donors (Lipinski definition) is 0. The molecule has 10 aromatic rings. The first kappa shape index (κ1) is 31.6. The summed E-state index contributed by atoms with van der Waals surface area (Å²) in [5.74, 6) is 0. The van der Waals surface area contributed by atoms with Gasteiger partial charge in [-0.05, 0) is 105 Å². The van der Waals surface area contributed by atoms with E-state index in [0.717, 1.165) is 61.1 Å². The standard InChI is InChI=1S/C52H35NO/c1-4-15-36(16-5-1)40-33-41(37-17-6-2-7-18-37)35-42(34-40)38-27-30-44(31-28-38)53(43-20-8-3-9-21-43)49-25-13-12-23-46(49)47-24-14-26-50-51(47)48-32-29-39-19-10-11-22-45(39)52(48)54-50/h1-35H. The third-order valence-corrected chi connectivity index (χ3v) is 10.4. The van der Waals surface area contributed by atoms with Crippen LogP contribution in [0.15, 0.2) is 217 Å². The van der Waals surface area contributed by atoms with Crippen molar-refractivity contribution in [3.8, 4) is 44.5 Å². The quantitative estimate of drug-likeness (QED) is 0.166. The molecule has 54 heavy (non-hydrogen) atoms. The minimum absolute atomic E-state index is 0.886. The topological polar surface area (TPSA) is 16.4 Å². The summed E-state index contributed by atoms with van der Waals surface area (Å²) in [5.41, 5.74) is 14.5. The molecule has 9 aromatic carbocycles. The molecule has 0 aliphatic rings. The third kappa shape index (κ3) is 5.62. The fourth-order valence-electron chi connectivity index (χ4n) is 7.87. The van der Waals surface area contributed by atoms with Gasteiger partial charge >= 0.3 is 0 Å². The Morgan fingerprint density at radius 3 is 1.56 bits per heavy atom. The van der Waals surface area contributed by atoms with Gasteiger partial charge in [-0.15, -0.1) is 0 Å². The van der Waals surface area contributed by atoms with Gasteiger partial charge in [0.15, 0.2) is 0 Å². The number of rotatable bonds is 7. The Morgan fingerprint density at radius 1 is 0.333 bits per heavy atom. The van der Waals surface area contributed by atoms with Gasteiger partial charge in [0.2, 0.25) is 0 Å². The third-order valence-electron chi connectivity index (χ3n) is 10.4. The Balaban J connectivity index is 1.11. The van der Waals surface area contributed by atoms with Crippen LogP contribution in [0.4, 0.5) is 17.1 Å². The van der Waals surface area contributed by atoms with Crippen LogP contribution in [0, 0.1) is 0 Å². The molecule has 2 heteroatoms. The monoisotopic (exact) mass is 689 g/mol. The molecule has 1 heterocycles. The Hall–Kier alpha value is -7.16. The number of hydrogen-bond acceptors (Lipinski definition) is 2. The van der Waals surface area contributed by atoms with Crippen molar-refractivity contribution in [2.24, 2.45) is 0 Å². The molecule has 0 saturated heterocycles. The van der Waals surface area contributed by atoms with Crippen molar-refractivity contribution in [3.63, 3.8) is 0 Å². The van der Waals surface area contributed by atoms with Crippen LogP contribution in [0.25, 0.3) is 77.2 Å². The molecule has 0 bridgehead atoms. The first-order valence-corrected chi connectivity index (χ1v) is 18.4. The fraction of sp³-hybridized carbons (Fsp3) is 0. The molecule has 0 atom stereocenters. The molecule has 0 fully saturated rings. The molecule has 0 aliphatic heterocycles. The van der Waals surface area contributed by atoms with Gasteiger partial charge < -0.3 is 9.32 Å². The zero-order chi connectivity index (χ0) is 35.8. The number of furan rings is 1. The van der Waals surface area contributed by atoms with E-state index in [1.165, 1.54) is 33.2 Å². The highest BCUT2D eigenvalue weighted by molar-refractivity contribution is 6.19. The van der Waals surface area contributed by atoms with Crippen molar-refractivity contribution in [1.82, 2.24) is 0 Å². The van der Waals surface area contributed by atoms with Crippen LogP contribution in [0.2, 0.25) is 0 Å². The summed E-state index contributed by atoms with van der Waals surface area (Å²) in [5, 5.41) is 4.55. The van der Waals surface area contributed by atoms with Crippen LogP contribution in [0.5, 0.6) is 0 Å². The highest BCUT2D eigenvalue weighted by Gasteiger charge is 2.21. The Labute approximate surface area is 314 Å².